The lowest BCUT2D eigenvalue weighted by Gasteiger charge is -2.28. The van der Waals surface area contributed by atoms with Gasteiger partial charge in [0.1, 0.15) is 5.82 Å². The van der Waals surface area contributed by atoms with Gasteiger partial charge in [-0.3, -0.25) is 0 Å². The number of rotatable bonds is 3. The van der Waals surface area contributed by atoms with Crippen molar-refractivity contribution in [3.63, 3.8) is 0 Å². The summed E-state index contributed by atoms with van der Waals surface area (Å²) in [5, 5.41) is -0.0742. The summed E-state index contributed by atoms with van der Waals surface area (Å²) < 4.78 is 2.30. The Kier molecular flexibility index (Phi) is 4.15. The number of hydrogen-bond donors (Lipinski definition) is 0. The predicted molar refractivity (Wildman–Crippen MR) is 87.4 cm³/mol. The van der Waals surface area contributed by atoms with E-state index in [-0.39, 0.29) is 10.8 Å². The van der Waals surface area contributed by atoms with Gasteiger partial charge in [-0.2, -0.15) is 0 Å². The number of fused-ring (bicyclic) bond motifs is 1. The Morgan fingerprint density at radius 1 is 1.25 bits per heavy atom. The monoisotopic (exact) mass is 292 g/mol. The molecule has 0 amide bonds. The van der Waals surface area contributed by atoms with Crippen molar-refractivity contribution in [2.24, 2.45) is 11.3 Å². The van der Waals surface area contributed by atoms with Crippen molar-refractivity contribution in [3.05, 3.63) is 29.6 Å². The molecule has 0 aliphatic heterocycles. The van der Waals surface area contributed by atoms with Crippen molar-refractivity contribution in [3.8, 4) is 0 Å². The Hall–Kier alpha value is -1.02. The molecular formula is C17H25ClN2. The van der Waals surface area contributed by atoms with Gasteiger partial charge in [0.25, 0.3) is 0 Å². The van der Waals surface area contributed by atoms with E-state index in [0.717, 1.165) is 17.9 Å². The number of hydrogen-bond acceptors (Lipinski definition) is 1. The summed E-state index contributed by atoms with van der Waals surface area (Å²) in [5.41, 5.74) is 3.77. The number of aromatic nitrogens is 2. The Bertz CT molecular complexity index is 605. The van der Waals surface area contributed by atoms with Crippen LogP contribution in [0.5, 0.6) is 0 Å². The first kappa shape index (κ1) is 15.4. The average molecular weight is 293 g/mol. The number of nitrogens with zero attached hydrogens (tertiary/aromatic N) is 2. The van der Waals surface area contributed by atoms with E-state index >= 15 is 0 Å². The third kappa shape index (κ3) is 3.01. The molecule has 0 saturated carbocycles. The normalized spacial score (nSPS) is 15.6. The predicted octanol–water partition coefficient (Wildman–Crippen LogP) is 5.33. The van der Waals surface area contributed by atoms with E-state index in [2.05, 4.69) is 57.4 Å². The highest BCUT2D eigenvalue weighted by Gasteiger charge is 2.23. The number of benzene rings is 1. The van der Waals surface area contributed by atoms with Crippen molar-refractivity contribution < 1.29 is 0 Å². The third-order valence-corrected chi connectivity index (χ3v) is 4.42. The van der Waals surface area contributed by atoms with Crippen molar-refractivity contribution in [2.45, 2.75) is 53.5 Å². The van der Waals surface area contributed by atoms with Gasteiger partial charge in [0.05, 0.1) is 16.4 Å². The van der Waals surface area contributed by atoms with Gasteiger partial charge in [-0.1, -0.05) is 33.8 Å². The number of aryl methyl sites for hydroxylation is 1. The number of halogens is 1. The molecule has 20 heavy (non-hydrogen) atoms. The molecule has 0 aliphatic carbocycles. The zero-order valence-corrected chi connectivity index (χ0v) is 14.1. The second-order valence-electron chi connectivity index (χ2n) is 6.96. The zero-order valence-electron chi connectivity index (χ0n) is 13.4. The van der Waals surface area contributed by atoms with E-state index in [0.29, 0.717) is 5.92 Å². The van der Waals surface area contributed by atoms with E-state index in [4.69, 9.17) is 16.6 Å². The highest BCUT2D eigenvalue weighted by Crippen LogP contribution is 2.31. The van der Waals surface area contributed by atoms with Crippen molar-refractivity contribution in [1.29, 1.82) is 0 Å². The minimum absolute atomic E-state index is 0.0742. The molecule has 110 valence electrons. The van der Waals surface area contributed by atoms with E-state index in [9.17, 15) is 0 Å². The van der Waals surface area contributed by atoms with Crippen molar-refractivity contribution in [1.82, 2.24) is 9.55 Å². The molecule has 0 fully saturated rings. The summed E-state index contributed by atoms with van der Waals surface area (Å²) in [5.74, 6) is 1.53. The Labute approximate surface area is 127 Å². The van der Waals surface area contributed by atoms with Gasteiger partial charge in [0.15, 0.2) is 0 Å². The molecule has 0 aliphatic rings. The Morgan fingerprint density at radius 2 is 1.90 bits per heavy atom. The van der Waals surface area contributed by atoms with Gasteiger partial charge in [0.2, 0.25) is 0 Å². The van der Waals surface area contributed by atoms with Crippen molar-refractivity contribution in [2.75, 3.05) is 0 Å². The van der Waals surface area contributed by atoms with Crippen LogP contribution < -0.4 is 0 Å². The summed E-state index contributed by atoms with van der Waals surface area (Å²) in [6.45, 7) is 14.2. The molecule has 2 aromatic rings. The SMILES string of the molecule is Cc1ccc2nc(C(C)Cl)n(CC(C)C(C)(C)C)c2c1. The summed E-state index contributed by atoms with van der Waals surface area (Å²) in [4.78, 5) is 4.72. The molecule has 3 heteroatoms. The van der Waals surface area contributed by atoms with E-state index < -0.39 is 0 Å². The molecule has 2 unspecified atom stereocenters. The summed E-state index contributed by atoms with van der Waals surface area (Å²) in [6, 6.07) is 6.40. The standard InChI is InChI=1S/C17H25ClN2/c1-11-7-8-14-15(9-11)20(16(19-14)13(3)18)10-12(2)17(4,5)6/h7-9,12-13H,10H2,1-6H3. The molecular weight excluding hydrogens is 268 g/mol. The second kappa shape index (κ2) is 5.40. The van der Waals surface area contributed by atoms with Gasteiger partial charge < -0.3 is 4.57 Å². The number of imidazole rings is 1. The topological polar surface area (TPSA) is 17.8 Å². The smallest absolute Gasteiger partial charge is 0.127 e. The number of alkyl halides is 1. The maximum Gasteiger partial charge on any atom is 0.127 e. The van der Waals surface area contributed by atoms with Crippen LogP contribution in [-0.2, 0) is 6.54 Å². The van der Waals surface area contributed by atoms with Crippen LogP contribution in [-0.4, -0.2) is 9.55 Å². The first-order valence-electron chi connectivity index (χ1n) is 7.31. The van der Waals surface area contributed by atoms with Crippen LogP contribution in [0.4, 0.5) is 0 Å². The van der Waals surface area contributed by atoms with E-state index in [1.165, 1.54) is 11.1 Å². The molecule has 2 rings (SSSR count). The second-order valence-corrected chi connectivity index (χ2v) is 7.61. The van der Waals surface area contributed by atoms with Gasteiger partial charge in [0, 0.05) is 6.54 Å². The van der Waals surface area contributed by atoms with Crippen LogP contribution in [0.15, 0.2) is 18.2 Å². The van der Waals surface area contributed by atoms with Gasteiger partial charge in [-0.25, -0.2) is 4.98 Å². The zero-order chi connectivity index (χ0) is 15.1. The lowest BCUT2D eigenvalue weighted by atomic mass is 9.82. The highest BCUT2D eigenvalue weighted by molar-refractivity contribution is 6.20. The lowest BCUT2D eigenvalue weighted by molar-refractivity contribution is 0.233. The molecule has 2 atom stereocenters. The van der Waals surface area contributed by atoms with Crippen LogP contribution in [0.2, 0.25) is 0 Å². The lowest BCUT2D eigenvalue weighted by Crippen LogP contribution is -2.23. The first-order valence-corrected chi connectivity index (χ1v) is 7.74. The summed E-state index contributed by atoms with van der Waals surface area (Å²) in [6.07, 6.45) is 0. The van der Waals surface area contributed by atoms with E-state index in [1.54, 1.807) is 0 Å². The molecule has 0 radical (unpaired) electrons. The maximum atomic E-state index is 6.33. The molecule has 1 aromatic carbocycles. The Morgan fingerprint density at radius 3 is 2.45 bits per heavy atom. The fourth-order valence-corrected chi connectivity index (χ4v) is 2.46. The van der Waals surface area contributed by atoms with Crippen LogP contribution in [0.25, 0.3) is 11.0 Å². The first-order chi connectivity index (χ1) is 9.20. The van der Waals surface area contributed by atoms with Gasteiger partial charge in [-0.05, 0) is 42.9 Å². The molecule has 0 bridgehead atoms. The minimum atomic E-state index is -0.0742. The highest BCUT2D eigenvalue weighted by atomic mass is 35.5. The third-order valence-electron chi connectivity index (χ3n) is 4.22. The minimum Gasteiger partial charge on any atom is -0.326 e. The summed E-state index contributed by atoms with van der Waals surface area (Å²) >= 11 is 6.33. The molecule has 2 nitrogen and oxygen atoms in total. The molecule has 0 spiro atoms. The Balaban J connectivity index is 2.53. The van der Waals surface area contributed by atoms with Crippen LogP contribution in [0.1, 0.15) is 51.4 Å². The maximum absolute atomic E-state index is 6.33. The quantitative estimate of drug-likeness (QED) is 0.699. The largest absolute Gasteiger partial charge is 0.326 e. The molecule has 0 N–H and O–H groups in total. The fraction of sp³-hybridized carbons (Fsp3) is 0.588. The fourth-order valence-electron chi connectivity index (χ4n) is 2.29. The van der Waals surface area contributed by atoms with Gasteiger partial charge >= 0.3 is 0 Å². The van der Waals surface area contributed by atoms with E-state index in [1.807, 2.05) is 6.92 Å². The van der Waals surface area contributed by atoms with Crippen LogP contribution in [0, 0.1) is 18.3 Å². The molecule has 1 aromatic heterocycles. The molecule has 1 heterocycles. The van der Waals surface area contributed by atoms with Crippen LogP contribution in [0.3, 0.4) is 0 Å². The van der Waals surface area contributed by atoms with Crippen LogP contribution >= 0.6 is 11.6 Å². The average Bonchev–Trinajstić information content (AvgIpc) is 2.66. The van der Waals surface area contributed by atoms with Gasteiger partial charge in [-0.15, -0.1) is 11.6 Å². The van der Waals surface area contributed by atoms with Crippen molar-refractivity contribution >= 4 is 22.6 Å². The summed E-state index contributed by atoms with van der Waals surface area (Å²) in [7, 11) is 0. The molecule has 0 saturated heterocycles.